The number of carbonyl (C=O) groups is 1. The minimum atomic E-state index is -0.926. The van der Waals surface area contributed by atoms with Gasteiger partial charge in [0.25, 0.3) is 0 Å². The van der Waals surface area contributed by atoms with E-state index in [9.17, 15) is 9.90 Å². The summed E-state index contributed by atoms with van der Waals surface area (Å²) in [5.41, 5.74) is 1.70. The summed E-state index contributed by atoms with van der Waals surface area (Å²) < 4.78 is 7.29. The molecule has 1 unspecified atom stereocenters. The Hall–Kier alpha value is -1.88. The van der Waals surface area contributed by atoms with Crippen LogP contribution >= 0.6 is 0 Å². The molecule has 0 bridgehead atoms. The Labute approximate surface area is 118 Å². The molecule has 5 heteroatoms. The largest absolute Gasteiger partial charge is 0.478 e. The van der Waals surface area contributed by atoms with Gasteiger partial charge in [0.05, 0.1) is 29.2 Å². The van der Waals surface area contributed by atoms with E-state index in [-0.39, 0.29) is 6.04 Å². The number of aromatic nitrogens is 2. The van der Waals surface area contributed by atoms with Crippen LogP contribution in [0.15, 0.2) is 18.2 Å². The third-order valence-corrected chi connectivity index (χ3v) is 3.46. The first-order valence-electron chi connectivity index (χ1n) is 6.79. The van der Waals surface area contributed by atoms with Crippen LogP contribution in [0, 0.1) is 6.92 Å². The molecule has 0 saturated carbocycles. The number of carboxylic acids is 1. The number of methoxy groups -OCH3 is 1. The van der Waals surface area contributed by atoms with Gasteiger partial charge in [-0.2, -0.15) is 0 Å². The van der Waals surface area contributed by atoms with Crippen LogP contribution in [-0.2, 0) is 4.74 Å². The first kappa shape index (κ1) is 14.5. The van der Waals surface area contributed by atoms with E-state index in [1.807, 2.05) is 17.6 Å². The number of rotatable bonds is 6. The third-order valence-electron chi connectivity index (χ3n) is 3.46. The van der Waals surface area contributed by atoms with Crippen molar-refractivity contribution in [2.75, 3.05) is 13.7 Å². The molecular weight excluding hydrogens is 256 g/mol. The Balaban J connectivity index is 2.66. The van der Waals surface area contributed by atoms with E-state index in [1.165, 1.54) is 0 Å². The maximum absolute atomic E-state index is 11.4. The second-order valence-corrected chi connectivity index (χ2v) is 4.91. The number of ether oxygens (including phenoxy) is 1. The highest BCUT2D eigenvalue weighted by Gasteiger charge is 2.21. The average molecular weight is 276 g/mol. The Kier molecular flexibility index (Phi) is 4.39. The molecule has 2 aromatic rings. The van der Waals surface area contributed by atoms with Crippen LogP contribution in [0.4, 0.5) is 0 Å². The highest BCUT2D eigenvalue weighted by Crippen LogP contribution is 2.27. The van der Waals surface area contributed by atoms with E-state index in [0.717, 1.165) is 24.2 Å². The maximum atomic E-state index is 11.4. The predicted octanol–water partition coefficient (Wildman–Crippen LogP) is 3.03. The molecule has 0 radical (unpaired) electrons. The lowest BCUT2D eigenvalue weighted by Gasteiger charge is -2.20. The Morgan fingerprint density at radius 1 is 1.50 bits per heavy atom. The molecule has 1 aromatic heterocycles. The number of fused-ring (bicyclic) bond motifs is 1. The zero-order valence-electron chi connectivity index (χ0n) is 12.1. The van der Waals surface area contributed by atoms with Gasteiger partial charge in [-0.05, 0) is 25.5 Å². The summed E-state index contributed by atoms with van der Waals surface area (Å²) in [6, 6.07) is 5.31. The average Bonchev–Trinajstić information content (AvgIpc) is 2.74. The number of benzene rings is 1. The van der Waals surface area contributed by atoms with E-state index in [4.69, 9.17) is 4.74 Å². The molecule has 20 heavy (non-hydrogen) atoms. The number of hydrogen-bond acceptors (Lipinski definition) is 3. The normalized spacial score (nSPS) is 12.8. The Morgan fingerprint density at radius 2 is 2.25 bits per heavy atom. The lowest BCUT2D eigenvalue weighted by molar-refractivity contribution is 0.0698. The zero-order chi connectivity index (χ0) is 14.7. The van der Waals surface area contributed by atoms with Crippen LogP contribution in [0.2, 0.25) is 0 Å². The molecule has 0 spiro atoms. The molecule has 108 valence electrons. The summed E-state index contributed by atoms with van der Waals surface area (Å²) in [6.45, 7) is 4.56. The third kappa shape index (κ3) is 2.54. The number of hydrogen-bond donors (Lipinski definition) is 1. The fraction of sp³-hybridized carbons (Fsp3) is 0.467. The van der Waals surface area contributed by atoms with Crippen molar-refractivity contribution in [2.24, 2.45) is 0 Å². The highest BCUT2D eigenvalue weighted by molar-refractivity contribution is 6.01. The van der Waals surface area contributed by atoms with Gasteiger partial charge in [-0.25, -0.2) is 9.78 Å². The summed E-state index contributed by atoms with van der Waals surface area (Å²) >= 11 is 0. The number of carboxylic acid groups (broad SMARTS) is 1. The Morgan fingerprint density at radius 3 is 2.85 bits per heavy atom. The molecule has 5 nitrogen and oxygen atoms in total. The lowest BCUT2D eigenvalue weighted by Crippen LogP contribution is -2.17. The summed E-state index contributed by atoms with van der Waals surface area (Å²) in [5, 5.41) is 9.39. The SMILES string of the molecule is CCCC(COC)n1c(C)nc2cccc(C(=O)O)c21. The number of imidazole rings is 1. The van der Waals surface area contributed by atoms with Gasteiger partial charge < -0.3 is 14.4 Å². The predicted molar refractivity (Wildman–Crippen MR) is 77.3 cm³/mol. The van der Waals surface area contributed by atoms with E-state index in [1.54, 1.807) is 19.2 Å². The van der Waals surface area contributed by atoms with Gasteiger partial charge >= 0.3 is 5.97 Å². The first-order valence-corrected chi connectivity index (χ1v) is 6.79. The van der Waals surface area contributed by atoms with Crippen LogP contribution in [0.3, 0.4) is 0 Å². The van der Waals surface area contributed by atoms with Gasteiger partial charge in [0.2, 0.25) is 0 Å². The van der Waals surface area contributed by atoms with Gasteiger partial charge in [-0.15, -0.1) is 0 Å². The molecule has 1 heterocycles. The second-order valence-electron chi connectivity index (χ2n) is 4.91. The van der Waals surface area contributed by atoms with Crippen LogP contribution in [0.1, 0.15) is 42.0 Å². The molecule has 0 saturated heterocycles. The fourth-order valence-electron chi connectivity index (χ4n) is 2.70. The van der Waals surface area contributed by atoms with Crippen molar-refractivity contribution >= 4 is 17.0 Å². The molecule has 0 amide bonds. The molecule has 1 atom stereocenters. The second kappa shape index (κ2) is 6.05. The van der Waals surface area contributed by atoms with Crippen molar-refractivity contribution in [1.82, 2.24) is 9.55 Å². The minimum absolute atomic E-state index is 0.107. The summed E-state index contributed by atoms with van der Waals surface area (Å²) in [5.74, 6) is -0.103. The molecule has 1 aromatic carbocycles. The monoisotopic (exact) mass is 276 g/mol. The maximum Gasteiger partial charge on any atom is 0.337 e. The zero-order valence-corrected chi connectivity index (χ0v) is 12.1. The molecule has 1 N–H and O–H groups in total. The number of aryl methyl sites for hydroxylation is 1. The van der Waals surface area contributed by atoms with Crippen LogP contribution in [0.5, 0.6) is 0 Å². The first-order chi connectivity index (χ1) is 9.60. The van der Waals surface area contributed by atoms with E-state index >= 15 is 0 Å². The molecule has 0 aliphatic carbocycles. The van der Waals surface area contributed by atoms with E-state index in [2.05, 4.69) is 11.9 Å². The summed E-state index contributed by atoms with van der Waals surface area (Å²) in [6.07, 6.45) is 1.93. The van der Waals surface area contributed by atoms with Crippen molar-refractivity contribution in [1.29, 1.82) is 0 Å². The van der Waals surface area contributed by atoms with Gasteiger partial charge in [-0.1, -0.05) is 19.4 Å². The van der Waals surface area contributed by atoms with E-state index < -0.39 is 5.97 Å². The van der Waals surface area contributed by atoms with Gasteiger partial charge in [-0.3, -0.25) is 0 Å². The molecule has 2 rings (SSSR count). The Bertz CT molecular complexity index is 613. The number of para-hydroxylation sites is 1. The topological polar surface area (TPSA) is 64.4 Å². The van der Waals surface area contributed by atoms with Crippen LogP contribution in [-0.4, -0.2) is 34.3 Å². The van der Waals surface area contributed by atoms with Crippen molar-refractivity contribution in [2.45, 2.75) is 32.7 Å². The van der Waals surface area contributed by atoms with Crippen LogP contribution < -0.4 is 0 Å². The fourth-order valence-corrected chi connectivity index (χ4v) is 2.70. The quantitative estimate of drug-likeness (QED) is 0.880. The van der Waals surface area contributed by atoms with Gasteiger partial charge in [0.15, 0.2) is 0 Å². The smallest absolute Gasteiger partial charge is 0.337 e. The van der Waals surface area contributed by atoms with E-state index in [0.29, 0.717) is 17.7 Å². The number of nitrogens with zero attached hydrogens (tertiary/aromatic N) is 2. The number of aromatic carboxylic acids is 1. The van der Waals surface area contributed by atoms with Crippen molar-refractivity contribution in [3.8, 4) is 0 Å². The molecule has 0 aliphatic heterocycles. The van der Waals surface area contributed by atoms with Gasteiger partial charge in [0.1, 0.15) is 5.82 Å². The molecular formula is C15H20N2O3. The molecule has 0 aliphatic rings. The lowest BCUT2D eigenvalue weighted by atomic mass is 10.1. The summed E-state index contributed by atoms with van der Waals surface area (Å²) in [4.78, 5) is 15.9. The van der Waals surface area contributed by atoms with Crippen LogP contribution in [0.25, 0.3) is 11.0 Å². The standard InChI is InChI=1S/C15H20N2O3/c1-4-6-11(9-20-3)17-10(2)16-13-8-5-7-12(14(13)17)15(18)19/h5,7-8,11H,4,6,9H2,1-3H3,(H,18,19). The minimum Gasteiger partial charge on any atom is -0.478 e. The van der Waals surface area contributed by atoms with Crippen molar-refractivity contribution in [3.63, 3.8) is 0 Å². The highest BCUT2D eigenvalue weighted by atomic mass is 16.5. The van der Waals surface area contributed by atoms with Crippen molar-refractivity contribution < 1.29 is 14.6 Å². The summed E-state index contributed by atoms with van der Waals surface area (Å²) in [7, 11) is 1.66. The van der Waals surface area contributed by atoms with Crippen molar-refractivity contribution in [3.05, 3.63) is 29.6 Å². The molecule has 0 fully saturated rings. The van der Waals surface area contributed by atoms with Gasteiger partial charge in [0, 0.05) is 7.11 Å².